The molecule has 5 heteroatoms. The second-order valence-corrected chi connectivity index (χ2v) is 5.71. The maximum Gasteiger partial charge on any atom is 0.319 e. The van der Waals surface area contributed by atoms with Crippen molar-refractivity contribution in [3.05, 3.63) is 79.1 Å². The number of carbonyl (C=O) groups is 1. The molecule has 0 fully saturated rings. The number of carbonyl (C=O) groups excluding carboxylic acids is 1. The first-order valence-electron chi connectivity index (χ1n) is 8.54. The predicted molar refractivity (Wildman–Crippen MR) is 103 cm³/mol. The third-order valence-electron chi connectivity index (χ3n) is 3.78. The van der Waals surface area contributed by atoms with Crippen LogP contribution in [-0.4, -0.2) is 24.2 Å². The van der Waals surface area contributed by atoms with E-state index in [1.54, 1.807) is 24.5 Å². The molecular weight excluding hydrogens is 326 g/mol. The van der Waals surface area contributed by atoms with E-state index < -0.39 is 0 Å². The number of anilines is 1. The number of nitrogens with zero attached hydrogens (tertiary/aromatic N) is 1. The smallest absolute Gasteiger partial charge is 0.319 e. The zero-order valence-electron chi connectivity index (χ0n) is 14.4. The second-order valence-electron chi connectivity index (χ2n) is 5.71. The second kappa shape index (κ2) is 9.22. The van der Waals surface area contributed by atoms with E-state index in [0.29, 0.717) is 13.2 Å². The van der Waals surface area contributed by atoms with E-state index in [2.05, 4.69) is 27.8 Å². The first-order chi connectivity index (χ1) is 12.8. The third-order valence-corrected chi connectivity index (χ3v) is 3.78. The van der Waals surface area contributed by atoms with Crippen LogP contribution in [0.15, 0.2) is 79.1 Å². The molecule has 0 atom stereocenters. The lowest BCUT2D eigenvalue weighted by atomic mass is 10.1. The fraction of sp³-hybridized carbons (Fsp3) is 0.143. The molecule has 1 heterocycles. The van der Waals surface area contributed by atoms with Crippen LogP contribution in [0.2, 0.25) is 0 Å². The average molecular weight is 347 g/mol. The Balaban J connectivity index is 1.38. The number of rotatable bonds is 7. The van der Waals surface area contributed by atoms with E-state index in [1.807, 2.05) is 42.5 Å². The van der Waals surface area contributed by atoms with Gasteiger partial charge >= 0.3 is 6.03 Å². The number of nitrogens with one attached hydrogen (secondary N) is 2. The molecule has 0 unspecified atom stereocenters. The van der Waals surface area contributed by atoms with Gasteiger partial charge in [0.25, 0.3) is 0 Å². The largest absolute Gasteiger partial charge is 0.493 e. The van der Waals surface area contributed by atoms with E-state index in [4.69, 9.17) is 4.74 Å². The molecule has 0 saturated carbocycles. The molecule has 2 N–H and O–H groups in total. The lowest BCUT2D eigenvalue weighted by Crippen LogP contribution is -2.30. The number of benzene rings is 2. The maximum absolute atomic E-state index is 11.9. The van der Waals surface area contributed by atoms with Crippen molar-refractivity contribution in [1.29, 1.82) is 0 Å². The number of aromatic nitrogens is 1. The number of hydrogen-bond acceptors (Lipinski definition) is 3. The van der Waals surface area contributed by atoms with Gasteiger partial charge in [-0.1, -0.05) is 42.5 Å². The van der Waals surface area contributed by atoms with Crippen molar-refractivity contribution in [1.82, 2.24) is 10.3 Å². The van der Waals surface area contributed by atoms with Gasteiger partial charge in [-0.2, -0.15) is 0 Å². The summed E-state index contributed by atoms with van der Waals surface area (Å²) in [6.07, 6.45) is 4.09. The molecule has 0 radical (unpaired) electrons. The first kappa shape index (κ1) is 17.5. The summed E-state index contributed by atoms with van der Waals surface area (Å²) in [5.74, 6) is 0.781. The van der Waals surface area contributed by atoms with Gasteiger partial charge < -0.3 is 15.4 Å². The Labute approximate surface area is 153 Å². The highest BCUT2D eigenvalue weighted by molar-refractivity contribution is 5.89. The summed E-state index contributed by atoms with van der Waals surface area (Å²) in [6, 6.07) is 21.3. The Morgan fingerprint density at radius 1 is 0.885 bits per heavy atom. The number of amides is 2. The van der Waals surface area contributed by atoms with Gasteiger partial charge in [0, 0.05) is 24.6 Å². The Bertz CT molecular complexity index is 806. The third kappa shape index (κ3) is 5.34. The highest BCUT2D eigenvalue weighted by Crippen LogP contribution is 2.20. The van der Waals surface area contributed by atoms with Crippen molar-refractivity contribution in [3.63, 3.8) is 0 Å². The highest BCUT2D eigenvalue weighted by Gasteiger charge is 2.02. The summed E-state index contributed by atoms with van der Waals surface area (Å²) in [5, 5.41) is 5.65. The van der Waals surface area contributed by atoms with Crippen LogP contribution in [0.3, 0.4) is 0 Å². The molecule has 2 amide bonds. The summed E-state index contributed by atoms with van der Waals surface area (Å²) in [7, 11) is 0. The molecule has 2 aromatic carbocycles. The quantitative estimate of drug-likeness (QED) is 0.625. The molecule has 1 aromatic heterocycles. The minimum atomic E-state index is -0.221. The summed E-state index contributed by atoms with van der Waals surface area (Å²) in [6.45, 7) is 1.08. The monoisotopic (exact) mass is 347 g/mol. The van der Waals surface area contributed by atoms with Gasteiger partial charge in [-0.25, -0.2) is 4.79 Å². The standard InChI is InChI=1S/C21H21N3O2/c25-21(23-13-4-16-26-20-11-14-22-15-12-20)24-19-9-7-18(8-10-19)17-5-2-1-3-6-17/h1-3,5-12,14-15H,4,13,16H2,(H2,23,24,25). The number of urea groups is 1. The number of hydrogen-bond donors (Lipinski definition) is 2. The van der Waals surface area contributed by atoms with E-state index in [1.165, 1.54) is 0 Å². The van der Waals surface area contributed by atoms with Crippen LogP contribution >= 0.6 is 0 Å². The molecule has 3 aromatic rings. The Hall–Kier alpha value is -3.34. The van der Waals surface area contributed by atoms with Gasteiger partial charge in [0.2, 0.25) is 0 Å². The topological polar surface area (TPSA) is 63.2 Å². The lowest BCUT2D eigenvalue weighted by Gasteiger charge is -2.09. The van der Waals surface area contributed by atoms with Crippen molar-refractivity contribution in [2.75, 3.05) is 18.5 Å². The summed E-state index contributed by atoms with van der Waals surface area (Å²) in [4.78, 5) is 15.9. The van der Waals surface area contributed by atoms with Crippen molar-refractivity contribution in [2.24, 2.45) is 0 Å². The first-order valence-corrected chi connectivity index (χ1v) is 8.54. The normalized spacial score (nSPS) is 10.2. The molecule has 0 aliphatic heterocycles. The Kier molecular flexibility index (Phi) is 6.20. The summed E-state index contributed by atoms with van der Waals surface area (Å²) < 4.78 is 5.55. The van der Waals surface area contributed by atoms with Crippen LogP contribution < -0.4 is 15.4 Å². The minimum Gasteiger partial charge on any atom is -0.493 e. The minimum absolute atomic E-state index is 0.221. The fourth-order valence-electron chi connectivity index (χ4n) is 2.45. The summed E-state index contributed by atoms with van der Waals surface area (Å²) in [5.41, 5.74) is 3.03. The Morgan fingerprint density at radius 3 is 2.31 bits per heavy atom. The molecule has 3 rings (SSSR count). The van der Waals surface area contributed by atoms with Crippen LogP contribution in [0.1, 0.15) is 6.42 Å². The predicted octanol–water partition coefficient (Wildman–Crippen LogP) is 4.34. The fourth-order valence-corrected chi connectivity index (χ4v) is 2.45. The van der Waals surface area contributed by atoms with Crippen molar-refractivity contribution < 1.29 is 9.53 Å². The van der Waals surface area contributed by atoms with Crippen LogP contribution in [0.4, 0.5) is 10.5 Å². The van der Waals surface area contributed by atoms with Gasteiger partial charge in [-0.05, 0) is 41.8 Å². The zero-order chi connectivity index (χ0) is 18.0. The summed E-state index contributed by atoms with van der Waals surface area (Å²) >= 11 is 0. The molecule has 5 nitrogen and oxygen atoms in total. The molecular formula is C21H21N3O2. The lowest BCUT2D eigenvalue weighted by molar-refractivity contribution is 0.250. The van der Waals surface area contributed by atoms with E-state index in [0.717, 1.165) is 29.0 Å². The molecule has 0 aliphatic rings. The average Bonchev–Trinajstić information content (AvgIpc) is 2.70. The van der Waals surface area contributed by atoms with Crippen molar-refractivity contribution in [2.45, 2.75) is 6.42 Å². The molecule has 0 spiro atoms. The molecule has 0 saturated heterocycles. The van der Waals surface area contributed by atoms with Gasteiger partial charge in [-0.3, -0.25) is 4.98 Å². The molecule has 0 bridgehead atoms. The number of pyridine rings is 1. The Morgan fingerprint density at radius 2 is 1.58 bits per heavy atom. The van der Waals surface area contributed by atoms with Gasteiger partial charge in [-0.15, -0.1) is 0 Å². The van der Waals surface area contributed by atoms with Crippen molar-refractivity contribution >= 4 is 11.7 Å². The van der Waals surface area contributed by atoms with Gasteiger partial charge in [0.15, 0.2) is 0 Å². The van der Waals surface area contributed by atoms with Crippen LogP contribution in [-0.2, 0) is 0 Å². The van der Waals surface area contributed by atoms with Crippen LogP contribution in [0.5, 0.6) is 5.75 Å². The zero-order valence-corrected chi connectivity index (χ0v) is 14.4. The van der Waals surface area contributed by atoms with Crippen LogP contribution in [0.25, 0.3) is 11.1 Å². The van der Waals surface area contributed by atoms with E-state index in [-0.39, 0.29) is 6.03 Å². The molecule has 26 heavy (non-hydrogen) atoms. The van der Waals surface area contributed by atoms with Crippen molar-refractivity contribution in [3.8, 4) is 16.9 Å². The SMILES string of the molecule is O=C(NCCCOc1ccncc1)Nc1ccc(-c2ccccc2)cc1. The highest BCUT2D eigenvalue weighted by atomic mass is 16.5. The number of ether oxygens (including phenoxy) is 1. The van der Waals surface area contributed by atoms with Gasteiger partial charge in [0.05, 0.1) is 6.61 Å². The molecule has 132 valence electrons. The molecule has 0 aliphatic carbocycles. The maximum atomic E-state index is 11.9. The van der Waals surface area contributed by atoms with Crippen LogP contribution in [0, 0.1) is 0 Å². The van der Waals surface area contributed by atoms with E-state index >= 15 is 0 Å². The van der Waals surface area contributed by atoms with Gasteiger partial charge in [0.1, 0.15) is 5.75 Å². The van der Waals surface area contributed by atoms with E-state index in [9.17, 15) is 4.79 Å².